The molecule has 1 aliphatic heterocycles. The van der Waals surface area contributed by atoms with E-state index in [0.29, 0.717) is 17.1 Å². The molecule has 2 aromatic rings. The highest BCUT2D eigenvalue weighted by atomic mass is 16.6. The van der Waals surface area contributed by atoms with E-state index in [-0.39, 0.29) is 11.8 Å². The summed E-state index contributed by atoms with van der Waals surface area (Å²) in [4.78, 5) is 36.7. The molecule has 2 aromatic carbocycles. The molecule has 158 valence electrons. The summed E-state index contributed by atoms with van der Waals surface area (Å²) in [5.41, 5.74) is 2.33. The lowest BCUT2D eigenvalue weighted by molar-refractivity contribution is -0.155. The maximum Gasteiger partial charge on any atom is 0.310 e. The number of nitrogens with one attached hydrogen (secondary N) is 2. The molecule has 0 aliphatic carbocycles. The Morgan fingerprint density at radius 1 is 1.13 bits per heavy atom. The van der Waals surface area contributed by atoms with Crippen LogP contribution in [0, 0.1) is 0 Å². The van der Waals surface area contributed by atoms with E-state index in [1.54, 1.807) is 24.3 Å². The largest absolute Gasteiger partial charge is 0.478 e. The molecule has 3 rings (SSSR count). The Kier molecular flexibility index (Phi) is 6.10. The summed E-state index contributed by atoms with van der Waals surface area (Å²) < 4.78 is 10.8. The van der Waals surface area contributed by atoms with Crippen LogP contribution in [0.2, 0.25) is 0 Å². The first-order valence-corrected chi connectivity index (χ1v) is 9.81. The number of anilines is 2. The van der Waals surface area contributed by atoms with Crippen molar-refractivity contribution in [3.05, 3.63) is 54.1 Å². The van der Waals surface area contributed by atoms with Gasteiger partial charge in [-0.25, -0.2) is 0 Å². The van der Waals surface area contributed by atoms with Crippen molar-refractivity contribution in [2.75, 3.05) is 10.6 Å². The molecular weight excluding hydrogens is 384 g/mol. The molecule has 7 heteroatoms. The zero-order valence-electron chi connectivity index (χ0n) is 17.5. The SMILES string of the molecule is CC(OC(=O)CC1Oc2ccccc2NC1=O)C(=O)Nc1ccc(C(C)(C)C)cc1. The van der Waals surface area contributed by atoms with Crippen LogP contribution in [-0.4, -0.2) is 30.0 Å². The van der Waals surface area contributed by atoms with E-state index in [4.69, 9.17) is 9.47 Å². The zero-order valence-corrected chi connectivity index (χ0v) is 17.5. The fraction of sp³-hybridized carbons (Fsp3) is 0.348. The van der Waals surface area contributed by atoms with Crippen LogP contribution in [0.3, 0.4) is 0 Å². The van der Waals surface area contributed by atoms with E-state index >= 15 is 0 Å². The van der Waals surface area contributed by atoms with Crippen molar-refractivity contribution < 1.29 is 23.9 Å². The van der Waals surface area contributed by atoms with Crippen LogP contribution in [0.25, 0.3) is 0 Å². The van der Waals surface area contributed by atoms with Gasteiger partial charge in [0.2, 0.25) is 0 Å². The van der Waals surface area contributed by atoms with Gasteiger partial charge in [0.05, 0.1) is 12.1 Å². The summed E-state index contributed by atoms with van der Waals surface area (Å²) in [6.07, 6.45) is -2.32. The van der Waals surface area contributed by atoms with Crippen molar-refractivity contribution >= 4 is 29.2 Å². The number of fused-ring (bicyclic) bond motifs is 1. The summed E-state index contributed by atoms with van der Waals surface area (Å²) >= 11 is 0. The Balaban J connectivity index is 1.53. The average molecular weight is 410 g/mol. The Hall–Kier alpha value is -3.35. The first kappa shape index (κ1) is 21.4. The number of ether oxygens (including phenoxy) is 2. The number of amides is 2. The second-order valence-electron chi connectivity index (χ2n) is 8.24. The third-order valence-corrected chi connectivity index (χ3v) is 4.75. The Morgan fingerprint density at radius 3 is 2.47 bits per heavy atom. The van der Waals surface area contributed by atoms with Gasteiger partial charge in [0.1, 0.15) is 5.75 Å². The molecule has 0 radical (unpaired) electrons. The summed E-state index contributed by atoms with van der Waals surface area (Å²) in [5, 5.41) is 5.41. The van der Waals surface area contributed by atoms with Crippen molar-refractivity contribution in [3.8, 4) is 5.75 Å². The van der Waals surface area contributed by atoms with Crippen molar-refractivity contribution in [2.45, 2.75) is 51.7 Å². The van der Waals surface area contributed by atoms with Crippen LogP contribution < -0.4 is 15.4 Å². The highest BCUT2D eigenvalue weighted by Crippen LogP contribution is 2.29. The highest BCUT2D eigenvalue weighted by Gasteiger charge is 2.31. The number of carbonyl (C=O) groups is 3. The smallest absolute Gasteiger partial charge is 0.310 e. The molecule has 0 bridgehead atoms. The van der Waals surface area contributed by atoms with E-state index in [9.17, 15) is 14.4 Å². The lowest BCUT2D eigenvalue weighted by Crippen LogP contribution is -2.40. The zero-order chi connectivity index (χ0) is 21.9. The van der Waals surface area contributed by atoms with Gasteiger partial charge in [0, 0.05) is 5.69 Å². The van der Waals surface area contributed by atoms with E-state index in [0.717, 1.165) is 5.56 Å². The van der Waals surface area contributed by atoms with Crippen LogP contribution in [0.5, 0.6) is 5.75 Å². The quantitative estimate of drug-likeness (QED) is 0.734. The summed E-state index contributed by atoms with van der Waals surface area (Å²) in [6, 6.07) is 14.5. The van der Waals surface area contributed by atoms with Crippen LogP contribution in [0.15, 0.2) is 48.5 Å². The number of benzene rings is 2. The third kappa shape index (κ3) is 5.17. The monoisotopic (exact) mass is 410 g/mol. The summed E-state index contributed by atoms with van der Waals surface area (Å²) in [6.45, 7) is 7.80. The van der Waals surface area contributed by atoms with Crippen molar-refractivity contribution in [1.29, 1.82) is 0 Å². The predicted molar refractivity (Wildman–Crippen MR) is 113 cm³/mol. The Labute approximate surface area is 175 Å². The van der Waals surface area contributed by atoms with Crippen LogP contribution in [0.4, 0.5) is 11.4 Å². The minimum absolute atomic E-state index is 0.0133. The van der Waals surface area contributed by atoms with Crippen LogP contribution in [-0.2, 0) is 24.5 Å². The second kappa shape index (κ2) is 8.57. The van der Waals surface area contributed by atoms with Gasteiger partial charge in [-0.15, -0.1) is 0 Å². The maximum atomic E-state index is 12.4. The van der Waals surface area contributed by atoms with Gasteiger partial charge in [0.15, 0.2) is 12.2 Å². The highest BCUT2D eigenvalue weighted by molar-refractivity contribution is 6.00. The lowest BCUT2D eigenvalue weighted by Gasteiger charge is -2.25. The van der Waals surface area contributed by atoms with Crippen molar-refractivity contribution in [1.82, 2.24) is 0 Å². The predicted octanol–water partition coefficient (Wildman–Crippen LogP) is 3.64. The standard InChI is InChI=1S/C23H26N2O5/c1-14(21(27)24-16-11-9-15(10-12-16)23(2,3)4)29-20(26)13-19-22(28)25-17-7-5-6-8-18(17)30-19/h5-12,14,19H,13H2,1-4H3,(H,24,27)(H,25,28). The molecule has 2 unspecified atom stereocenters. The molecule has 0 saturated carbocycles. The molecule has 0 fully saturated rings. The van der Waals surface area contributed by atoms with Crippen molar-refractivity contribution in [3.63, 3.8) is 0 Å². The molecular formula is C23H26N2O5. The van der Waals surface area contributed by atoms with Gasteiger partial charge in [-0.1, -0.05) is 45.0 Å². The molecule has 30 heavy (non-hydrogen) atoms. The number of hydrogen-bond acceptors (Lipinski definition) is 5. The molecule has 2 N–H and O–H groups in total. The van der Waals surface area contributed by atoms with Gasteiger partial charge in [-0.3, -0.25) is 14.4 Å². The summed E-state index contributed by atoms with van der Waals surface area (Å²) in [5.74, 6) is -1.09. The summed E-state index contributed by atoms with van der Waals surface area (Å²) in [7, 11) is 0. The van der Waals surface area contributed by atoms with Gasteiger partial charge in [-0.2, -0.15) is 0 Å². The second-order valence-corrected chi connectivity index (χ2v) is 8.24. The molecule has 2 amide bonds. The number of carbonyl (C=O) groups excluding carboxylic acids is 3. The topological polar surface area (TPSA) is 93.7 Å². The molecule has 0 aromatic heterocycles. The fourth-order valence-corrected chi connectivity index (χ4v) is 2.97. The van der Waals surface area contributed by atoms with E-state index in [1.807, 2.05) is 24.3 Å². The van der Waals surface area contributed by atoms with Crippen LogP contribution in [0.1, 0.15) is 39.7 Å². The van der Waals surface area contributed by atoms with Gasteiger partial charge in [-0.05, 0) is 42.2 Å². The van der Waals surface area contributed by atoms with Crippen molar-refractivity contribution in [2.24, 2.45) is 0 Å². The average Bonchev–Trinajstić information content (AvgIpc) is 2.68. The number of para-hydroxylation sites is 2. The first-order valence-electron chi connectivity index (χ1n) is 9.81. The lowest BCUT2D eigenvalue weighted by atomic mass is 9.87. The van der Waals surface area contributed by atoms with E-state index in [1.165, 1.54) is 6.92 Å². The molecule has 1 aliphatic rings. The van der Waals surface area contributed by atoms with Gasteiger partial charge < -0.3 is 20.1 Å². The Bertz CT molecular complexity index is 947. The third-order valence-electron chi connectivity index (χ3n) is 4.75. The molecule has 7 nitrogen and oxygen atoms in total. The normalized spacial score (nSPS) is 16.5. The fourth-order valence-electron chi connectivity index (χ4n) is 2.97. The number of hydrogen-bond donors (Lipinski definition) is 2. The minimum atomic E-state index is -1.02. The number of rotatable bonds is 5. The molecule has 0 saturated heterocycles. The molecule has 2 atom stereocenters. The Morgan fingerprint density at radius 2 is 1.80 bits per heavy atom. The maximum absolute atomic E-state index is 12.4. The minimum Gasteiger partial charge on any atom is -0.478 e. The first-order chi connectivity index (χ1) is 14.1. The van der Waals surface area contributed by atoms with E-state index < -0.39 is 30.0 Å². The van der Waals surface area contributed by atoms with E-state index in [2.05, 4.69) is 31.4 Å². The van der Waals surface area contributed by atoms with Crippen LogP contribution >= 0.6 is 0 Å². The molecule has 0 spiro atoms. The molecule has 1 heterocycles. The number of esters is 1. The van der Waals surface area contributed by atoms with Gasteiger partial charge in [0.25, 0.3) is 11.8 Å². The van der Waals surface area contributed by atoms with Gasteiger partial charge >= 0.3 is 5.97 Å².